The lowest BCUT2D eigenvalue weighted by atomic mass is 10.2. The molecule has 1 aromatic carbocycles. The van der Waals surface area contributed by atoms with Gasteiger partial charge in [0.05, 0.1) is 0 Å². The van der Waals surface area contributed by atoms with Crippen LogP contribution in [0.2, 0.25) is 0 Å². The van der Waals surface area contributed by atoms with Crippen molar-refractivity contribution in [1.29, 1.82) is 0 Å². The number of carbonyl (C=O) groups is 1. The van der Waals surface area contributed by atoms with Gasteiger partial charge in [0.25, 0.3) is 0 Å². The Morgan fingerprint density at radius 3 is 2.37 bits per heavy atom. The molecule has 4 nitrogen and oxygen atoms in total. The lowest BCUT2D eigenvalue weighted by Gasteiger charge is -2.24. The zero-order valence-corrected chi connectivity index (χ0v) is 13.4. The minimum Gasteiger partial charge on any atom is -0.338 e. The molecule has 0 aromatic heterocycles. The Bertz CT molecular complexity index is 392. The first-order chi connectivity index (χ1) is 9.02. The monoisotopic (exact) mass is 327 g/mol. The summed E-state index contributed by atoms with van der Waals surface area (Å²) in [6, 6.07) is 8.05. The SMILES string of the molecule is CCNC(=O)N(CCN(C)C)Cc1ccc(Br)cc1. The number of urea groups is 1. The molecule has 0 atom stereocenters. The van der Waals surface area contributed by atoms with Crippen molar-refractivity contribution in [1.82, 2.24) is 15.1 Å². The first-order valence-electron chi connectivity index (χ1n) is 6.45. The summed E-state index contributed by atoms with van der Waals surface area (Å²) in [7, 11) is 4.02. The van der Waals surface area contributed by atoms with E-state index in [4.69, 9.17) is 0 Å². The minimum atomic E-state index is -0.00716. The van der Waals surface area contributed by atoms with Gasteiger partial charge in [0.1, 0.15) is 0 Å². The molecule has 0 unspecified atom stereocenters. The van der Waals surface area contributed by atoms with Crippen molar-refractivity contribution >= 4 is 22.0 Å². The van der Waals surface area contributed by atoms with Gasteiger partial charge in [-0.1, -0.05) is 28.1 Å². The van der Waals surface area contributed by atoms with Crippen LogP contribution in [0.3, 0.4) is 0 Å². The van der Waals surface area contributed by atoms with Gasteiger partial charge in [-0.05, 0) is 38.7 Å². The third-order valence-corrected chi connectivity index (χ3v) is 3.25. The zero-order valence-electron chi connectivity index (χ0n) is 11.8. The van der Waals surface area contributed by atoms with E-state index in [1.165, 1.54) is 0 Å². The van der Waals surface area contributed by atoms with Crippen LogP contribution < -0.4 is 5.32 Å². The number of rotatable bonds is 6. The Morgan fingerprint density at radius 2 is 1.84 bits per heavy atom. The van der Waals surface area contributed by atoms with Gasteiger partial charge in [-0.15, -0.1) is 0 Å². The Hall–Kier alpha value is -1.07. The van der Waals surface area contributed by atoms with Crippen LogP contribution in [0.5, 0.6) is 0 Å². The van der Waals surface area contributed by atoms with Crippen LogP contribution in [-0.2, 0) is 6.54 Å². The topological polar surface area (TPSA) is 35.6 Å². The average Bonchev–Trinajstić information content (AvgIpc) is 2.36. The summed E-state index contributed by atoms with van der Waals surface area (Å²) in [4.78, 5) is 15.9. The van der Waals surface area contributed by atoms with Gasteiger partial charge in [0, 0.05) is 30.7 Å². The maximum absolute atomic E-state index is 12.0. The second-order valence-corrected chi connectivity index (χ2v) is 5.60. The molecule has 19 heavy (non-hydrogen) atoms. The van der Waals surface area contributed by atoms with Gasteiger partial charge in [0.15, 0.2) is 0 Å². The molecule has 0 aliphatic rings. The van der Waals surface area contributed by atoms with Crippen molar-refractivity contribution in [2.75, 3.05) is 33.7 Å². The number of nitrogens with zero attached hydrogens (tertiary/aromatic N) is 2. The Balaban J connectivity index is 2.66. The first-order valence-corrected chi connectivity index (χ1v) is 7.24. The molecule has 0 aliphatic heterocycles. The van der Waals surface area contributed by atoms with E-state index in [0.717, 1.165) is 23.1 Å². The van der Waals surface area contributed by atoms with E-state index >= 15 is 0 Å². The molecule has 0 saturated carbocycles. The fraction of sp³-hybridized carbons (Fsp3) is 0.500. The maximum atomic E-state index is 12.0. The fourth-order valence-corrected chi connectivity index (χ4v) is 1.91. The van der Waals surface area contributed by atoms with E-state index < -0.39 is 0 Å². The Labute approximate surface area is 123 Å². The third-order valence-electron chi connectivity index (χ3n) is 2.72. The van der Waals surface area contributed by atoms with Crippen LogP contribution in [0.4, 0.5) is 4.79 Å². The number of likely N-dealkylation sites (N-methyl/N-ethyl adjacent to an activating group) is 1. The highest BCUT2D eigenvalue weighted by Gasteiger charge is 2.13. The van der Waals surface area contributed by atoms with Gasteiger partial charge in [-0.2, -0.15) is 0 Å². The molecule has 0 bridgehead atoms. The summed E-state index contributed by atoms with van der Waals surface area (Å²) >= 11 is 3.42. The van der Waals surface area contributed by atoms with Crippen LogP contribution in [-0.4, -0.2) is 49.6 Å². The van der Waals surface area contributed by atoms with Gasteiger partial charge in [0.2, 0.25) is 0 Å². The van der Waals surface area contributed by atoms with Gasteiger partial charge in [-0.3, -0.25) is 0 Å². The molecule has 0 radical (unpaired) electrons. The maximum Gasteiger partial charge on any atom is 0.317 e. The molecular weight excluding hydrogens is 306 g/mol. The number of hydrogen-bond donors (Lipinski definition) is 1. The molecule has 0 spiro atoms. The summed E-state index contributed by atoms with van der Waals surface area (Å²) in [6.45, 7) is 4.79. The van der Waals surface area contributed by atoms with Gasteiger partial charge >= 0.3 is 6.03 Å². The van der Waals surface area contributed by atoms with Crippen LogP contribution in [0, 0.1) is 0 Å². The normalized spacial score (nSPS) is 10.6. The summed E-state index contributed by atoms with van der Waals surface area (Å²) in [5, 5.41) is 2.86. The van der Waals surface area contributed by atoms with Crippen molar-refractivity contribution in [3.05, 3.63) is 34.3 Å². The summed E-state index contributed by atoms with van der Waals surface area (Å²) in [5.74, 6) is 0. The molecule has 0 aliphatic carbocycles. The lowest BCUT2D eigenvalue weighted by Crippen LogP contribution is -2.42. The molecule has 2 amide bonds. The van der Waals surface area contributed by atoms with Crippen LogP contribution in [0.25, 0.3) is 0 Å². The highest BCUT2D eigenvalue weighted by Crippen LogP contribution is 2.12. The van der Waals surface area contributed by atoms with E-state index in [9.17, 15) is 4.79 Å². The number of halogens is 1. The van der Waals surface area contributed by atoms with Crippen molar-refractivity contribution < 1.29 is 4.79 Å². The van der Waals surface area contributed by atoms with Crippen molar-refractivity contribution in [2.45, 2.75) is 13.5 Å². The molecule has 106 valence electrons. The second-order valence-electron chi connectivity index (χ2n) is 4.69. The quantitative estimate of drug-likeness (QED) is 0.871. The van der Waals surface area contributed by atoms with E-state index in [1.807, 2.05) is 50.2 Å². The summed E-state index contributed by atoms with van der Waals surface area (Å²) in [6.07, 6.45) is 0. The lowest BCUT2D eigenvalue weighted by molar-refractivity contribution is 0.189. The van der Waals surface area contributed by atoms with E-state index in [-0.39, 0.29) is 6.03 Å². The van der Waals surface area contributed by atoms with Gasteiger partial charge in [-0.25, -0.2) is 4.79 Å². The Morgan fingerprint density at radius 1 is 1.21 bits per heavy atom. The van der Waals surface area contributed by atoms with Crippen molar-refractivity contribution in [2.24, 2.45) is 0 Å². The predicted molar refractivity (Wildman–Crippen MR) is 82.2 cm³/mol. The molecule has 0 heterocycles. The van der Waals surface area contributed by atoms with Crippen LogP contribution >= 0.6 is 15.9 Å². The fourth-order valence-electron chi connectivity index (χ4n) is 1.65. The van der Waals surface area contributed by atoms with E-state index in [0.29, 0.717) is 13.1 Å². The summed E-state index contributed by atoms with van der Waals surface area (Å²) < 4.78 is 1.05. The number of hydrogen-bond acceptors (Lipinski definition) is 2. The van der Waals surface area contributed by atoms with Crippen LogP contribution in [0.15, 0.2) is 28.7 Å². The smallest absolute Gasteiger partial charge is 0.317 e. The van der Waals surface area contributed by atoms with Gasteiger partial charge < -0.3 is 15.1 Å². The van der Waals surface area contributed by atoms with Crippen LogP contribution in [0.1, 0.15) is 12.5 Å². The number of benzene rings is 1. The van der Waals surface area contributed by atoms with Crippen molar-refractivity contribution in [3.8, 4) is 0 Å². The van der Waals surface area contributed by atoms with E-state index in [2.05, 4.69) is 26.1 Å². The highest BCUT2D eigenvalue weighted by atomic mass is 79.9. The number of amides is 2. The molecule has 1 aromatic rings. The molecule has 1 N–H and O–H groups in total. The largest absolute Gasteiger partial charge is 0.338 e. The second kappa shape index (κ2) is 8.17. The number of carbonyl (C=O) groups excluding carboxylic acids is 1. The number of nitrogens with one attached hydrogen (secondary N) is 1. The Kier molecular flexibility index (Phi) is 6.87. The molecular formula is C14H22BrN3O. The molecule has 1 rings (SSSR count). The molecule has 5 heteroatoms. The summed E-state index contributed by atoms with van der Waals surface area (Å²) in [5.41, 5.74) is 1.13. The molecule has 0 saturated heterocycles. The highest BCUT2D eigenvalue weighted by molar-refractivity contribution is 9.10. The van der Waals surface area contributed by atoms with Crippen molar-refractivity contribution in [3.63, 3.8) is 0 Å². The van der Waals surface area contributed by atoms with E-state index in [1.54, 1.807) is 0 Å². The standard InChI is InChI=1S/C14H22BrN3O/c1-4-16-14(19)18(10-9-17(2)3)11-12-5-7-13(15)8-6-12/h5-8H,4,9-11H2,1-3H3,(H,16,19). The minimum absolute atomic E-state index is 0.00716. The third kappa shape index (κ3) is 6.07. The zero-order chi connectivity index (χ0) is 14.3. The average molecular weight is 328 g/mol. The predicted octanol–water partition coefficient (Wildman–Crippen LogP) is 2.54. The molecule has 0 fully saturated rings. The first kappa shape index (κ1) is 16.0.